The molecule has 2 N–H and O–H groups in total. The Bertz CT molecular complexity index is 806. The molecule has 3 aliphatic heterocycles. The highest BCUT2D eigenvalue weighted by Gasteiger charge is 2.73. The minimum Gasteiger partial charge on any atom is -0.481 e. The van der Waals surface area contributed by atoms with E-state index >= 15 is 0 Å². The smallest absolute Gasteiger partial charge is 0.329 e. The molecule has 130 valence electrons. The predicted octanol–water partition coefficient (Wildman–Crippen LogP) is 0.645. The first kappa shape index (κ1) is 15.8. The summed E-state index contributed by atoms with van der Waals surface area (Å²) in [6.07, 6.45) is 2.21. The van der Waals surface area contributed by atoms with Gasteiger partial charge in [0.25, 0.3) is 0 Å². The largest absolute Gasteiger partial charge is 0.481 e. The quantitative estimate of drug-likeness (QED) is 0.775. The Morgan fingerprint density at radius 3 is 2.48 bits per heavy atom. The third kappa shape index (κ3) is 2.03. The van der Waals surface area contributed by atoms with Crippen LogP contribution in [0, 0.1) is 17.7 Å². The van der Waals surface area contributed by atoms with Gasteiger partial charge in [-0.15, -0.1) is 0 Å². The van der Waals surface area contributed by atoms with Gasteiger partial charge in [0.05, 0.1) is 12.0 Å². The van der Waals surface area contributed by atoms with E-state index in [0.29, 0.717) is 5.56 Å². The normalized spacial score (nSPS) is 35.2. The molecule has 0 radical (unpaired) electrons. The van der Waals surface area contributed by atoms with E-state index in [1.54, 1.807) is 0 Å². The zero-order valence-corrected chi connectivity index (χ0v) is 12.8. The van der Waals surface area contributed by atoms with Gasteiger partial charge in [0, 0.05) is 6.54 Å². The van der Waals surface area contributed by atoms with Gasteiger partial charge in [0.15, 0.2) is 6.04 Å². The van der Waals surface area contributed by atoms with Crippen LogP contribution in [0.15, 0.2) is 36.4 Å². The number of fused-ring (bicyclic) bond motifs is 1. The lowest BCUT2D eigenvalue weighted by Gasteiger charge is -2.29. The molecule has 2 bridgehead atoms. The van der Waals surface area contributed by atoms with Crippen molar-refractivity contribution in [3.63, 3.8) is 0 Å². The van der Waals surface area contributed by atoms with Crippen LogP contribution in [0.2, 0.25) is 0 Å². The van der Waals surface area contributed by atoms with Crippen LogP contribution >= 0.6 is 0 Å². The first-order valence-electron chi connectivity index (χ1n) is 7.73. The molecule has 1 spiro atoms. The van der Waals surface area contributed by atoms with Crippen LogP contribution in [0.5, 0.6) is 0 Å². The molecule has 1 aromatic rings. The molecular weight excluding hydrogens is 333 g/mol. The lowest BCUT2D eigenvalue weighted by molar-refractivity contribution is -0.153. The van der Waals surface area contributed by atoms with Crippen molar-refractivity contribution in [3.05, 3.63) is 47.8 Å². The third-order valence-electron chi connectivity index (χ3n) is 5.16. The Morgan fingerprint density at radius 2 is 1.88 bits per heavy atom. The maximum atomic E-state index is 13.1. The lowest BCUT2D eigenvalue weighted by atomic mass is 9.75. The molecule has 5 atom stereocenters. The fourth-order valence-corrected chi connectivity index (χ4v) is 4.19. The Balaban J connectivity index is 1.74. The molecule has 5 unspecified atom stereocenters. The molecule has 1 aromatic carbocycles. The second-order valence-corrected chi connectivity index (χ2v) is 6.47. The van der Waals surface area contributed by atoms with Crippen molar-refractivity contribution in [2.24, 2.45) is 11.8 Å². The monoisotopic (exact) mass is 347 g/mol. The second-order valence-electron chi connectivity index (χ2n) is 6.47. The number of ether oxygens (including phenoxy) is 1. The maximum absolute atomic E-state index is 13.1. The molecule has 0 aliphatic carbocycles. The molecule has 25 heavy (non-hydrogen) atoms. The van der Waals surface area contributed by atoms with Crippen LogP contribution in [0.1, 0.15) is 5.56 Å². The number of nitrogens with zero attached hydrogens (tertiary/aromatic N) is 1. The average Bonchev–Trinajstić information content (AvgIpc) is 3.17. The third-order valence-corrected chi connectivity index (χ3v) is 5.16. The van der Waals surface area contributed by atoms with Gasteiger partial charge in [0.2, 0.25) is 5.91 Å². The minimum absolute atomic E-state index is 0.0669. The summed E-state index contributed by atoms with van der Waals surface area (Å²) in [4.78, 5) is 37.5. The SMILES string of the molecule is O=C(O)C1C2C=CC3(O2)C1C(=O)N(Cc1ccc(F)cc1)C3C(=O)O. The number of rotatable bonds is 4. The van der Waals surface area contributed by atoms with Gasteiger partial charge in [-0.2, -0.15) is 0 Å². The summed E-state index contributed by atoms with van der Waals surface area (Å²) in [5.74, 6) is -5.68. The van der Waals surface area contributed by atoms with Gasteiger partial charge in [-0.25, -0.2) is 9.18 Å². The number of hydrogen-bond donors (Lipinski definition) is 2. The fourth-order valence-electron chi connectivity index (χ4n) is 4.19. The summed E-state index contributed by atoms with van der Waals surface area (Å²) in [5, 5.41) is 19.1. The number of carbonyl (C=O) groups is 3. The Kier molecular flexibility index (Phi) is 3.23. The van der Waals surface area contributed by atoms with Crippen molar-refractivity contribution in [1.29, 1.82) is 0 Å². The molecule has 2 fully saturated rings. The van der Waals surface area contributed by atoms with Crippen molar-refractivity contribution < 1.29 is 33.7 Å². The number of benzene rings is 1. The summed E-state index contributed by atoms with van der Waals surface area (Å²) in [5.41, 5.74) is -0.931. The van der Waals surface area contributed by atoms with E-state index in [1.807, 2.05) is 0 Å². The van der Waals surface area contributed by atoms with Crippen molar-refractivity contribution in [2.75, 3.05) is 0 Å². The molecule has 1 amide bonds. The second kappa shape index (κ2) is 5.13. The Hall–Kier alpha value is -2.74. The molecule has 3 aliphatic rings. The van der Waals surface area contributed by atoms with Crippen LogP contribution in [-0.2, 0) is 25.7 Å². The highest BCUT2D eigenvalue weighted by molar-refractivity contribution is 5.97. The van der Waals surface area contributed by atoms with Gasteiger partial charge >= 0.3 is 11.9 Å². The van der Waals surface area contributed by atoms with Gasteiger partial charge in [-0.3, -0.25) is 9.59 Å². The standard InChI is InChI=1S/C17H14FNO6/c18-9-3-1-8(2-4-9)7-19-13(16(23)24)17-6-5-10(25-17)11(15(21)22)12(17)14(19)20/h1-6,10-13H,7H2,(H,21,22)(H,23,24). The summed E-state index contributed by atoms with van der Waals surface area (Å²) in [6, 6.07) is 4.01. The van der Waals surface area contributed by atoms with Crippen LogP contribution in [0.3, 0.4) is 0 Å². The highest BCUT2D eigenvalue weighted by Crippen LogP contribution is 2.55. The van der Waals surface area contributed by atoms with Crippen molar-refractivity contribution in [1.82, 2.24) is 4.90 Å². The molecule has 3 heterocycles. The Morgan fingerprint density at radius 1 is 1.20 bits per heavy atom. The number of likely N-dealkylation sites (tertiary alicyclic amines) is 1. The number of carboxylic acids is 2. The van der Waals surface area contributed by atoms with Crippen molar-refractivity contribution in [2.45, 2.75) is 24.3 Å². The van der Waals surface area contributed by atoms with E-state index in [2.05, 4.69) is 0 Å². The number of amides is 1. The number of carbonyl (C=O) groups excluding carboxylic acids is 1. The molecule has 0 saturated carbocycles. The summed E-state index contributed by atoms with van der Waals surface area (Å²) < 4.78 is 18.8. The highest BCUT2D eigenvalue weighted by atomic mass is 19.1. The summed E-state index contributed by atoms with van der Waals surface area (Å²) in [6.45, 7) is -0.0669. The van der Waals surface area contributed by atoms with E-state index in [4.69, 9.17) is 4.74 Å². The van der Waals surface area contributed by atoms with E-state index < -0.39 is 53.2 Å². The lowest BCUT2D eigenvalue weighted by Crippen LogP contribution is -2.50. The molecule has 0 aromatic heterocycles. The van der Waals surface area contributed by atoms with Gasteiger partial charge in [0.1, 0.15) is 17.3 Å². The fraction of sp³-hybridized carbons (Fsp3) is 0.353. The topological polar surface area (TPSA) is 104 Å². The minimum atomic E-state index is -1.48. The van der Waals surface area contributed by atoms with Crippen LogP contribution in [-0.4, -0.2) is 50.7 Å². The van der Waals surface area contributed by atoms with E-state index in [9.17, 15) is 29.0 Å². The van der Waals surface area contributed by atoms with E-state index in [-0.39, 0.29) is 6.54 Å². The van der Waals surface area contributed by atoms with Crippen molar-refractivity contribution >= 4 is 17.8 Å². The number of halogens is 1. The van der Waals surface area contributed by atoms with Crippen LogP contribution in [0.4, 0.5) is 4.39 Å². The molecular formula is C17H14FNO6. The van der Waals surface area contributed by atoms with Gasteiger partial charge in [-0.1, -0.05) is 24.3 Å². The van der Waals surface area contributed by atoms with Crippen LogP contribution < -0.4 is 0 Å². The Labute approximate surface area is 141 Å². The predicted molar refractivity (Wildman–Crippen MR) is 79.7 cm³/mol. The first-order chi connectivity index (χ1) is 11.8. The van der Waals surface area contributed by atoms with Gasteiger partial charge in [-0.05, 0) is 17.7 Å². The maximum Gasteiger partial charge on any atom is 0.329 e. The number of hydrogen-bond acceptors (Lipinski definition) is 4. The van der Waals surface area contributed by atoms with E-state index in [0.717, 1.165) is 4.90 Å². The molecule has 7 nitrogen and oxygen atoms in total. The molecule has 2 saturated heterocycles. The van der Waals surface area contributed by atoms with Crippen molar-refractivity contribution in [3.8, 4) is 0 Å². The number of carboxylic acid groups (broad SMARTS) is 2. The summed E-state index contributed by atoms with van der Waals surface area (Å²) >= 11 is 0. The zero-order chi connectivity index (χ0) is 17.9. The zero-order valence-electron chi connectivity index (χ0n) is 12.8. The first-order valence-corrected chi connectivity index (χ1v) is 7.73. The molecule has 4 rings (SSSR count). The van der Waals surface area contributed by atoms with Gasteiger partial charge < -0.3 is 19.8 Å². The van der Waals surface area contributed by atoms with Crippen LogP contribution in [0.25, 0.3) is 0 Å². The number of aliphatic carboxylic acids is 2. The van der Waals surface area contributed by atoms with E-state index in [1.165, 1.54) is 36.4 Å². The summed E-state index contributed by atoms with van der Waals surface area (Å²) in [7, 11) is 0. The average molecular weight is 347 g/mol. The molecule has 8 heteroatoms.